The van der Waals surface area contributed by atoms with E-state index in [1.165, 1.54) is 19.9 Å². The Morgan fingerprint density at radius 3 is 2.48 bits per heavy atom. The van der Waals surface area contributed by atoms with Crippen LogP contribution in [0.1, 0.15) is 13.8 Å². The fraction of sp³-hybridized carbons (Fsp3) is 0.467. The van der Waals surface area contributed by atoms with Crippen LogP contribution in [0.2, 0.25) is 0 Å². The number of halogens is 5. The largest absolute Gasteiger partial charge is 0.480 e. The maximum absolute atomic E-state index is 13.0. The number of ether oxygens (including phenoxy) is 2. The van der Waals surface area contributed by atoms with E-state index in [1.54, 1.807) is 0 Å². The van der Waals surface area contributed by atoms with Gasteiger partial charge in [0.25, 0.3) is 5.91 Å². The fourth-order valence-corrected chi connectivity index (χ4v) is 2.30. The number of alkyl halides is 3. The molecule has 1 aromatic rings. The molecule has 1 atom stereocenters. The summed E-state index contributed by atoms with van der Waals surface area (Å²) in [5, 5.41) is 0. The van der Waals surface area contributed by atoms with Crippen LogP contribution in [0, 0.1) is 5.82 Å². The van der Waals surface area contributed by atoms with Crippen LogP contribution in [0.25, 0.3) is 0 Å². The van der Waals surface area contributed by atoms with Crippen molar-refractivity contribution < 1.29 is 36.6 Å². The molecule has 140 valence electrons. The van der Waals surface area contributed by atoms with Crippen molar-refractivity contribution in [2.24, 2.45) is 0 Å². The smallest absolute Gasteiger partial charge is 0.406 e. The Morgan fingerprint density at radius 2 is 1.96 bits per heavy atom. The van der Waals surface area contributed by atoms with Gasteiger partial charge in [-0.15, -0.1) is 0 Å². The fourth-order valence-electron chi connectivity index (χ4n) is 1.86. The molecule has 25 heavy (non-hydrogen) atoms. The third-order valence-electron chi connectivity index (χ3n) is 2.85. The highest BCUT2D eigenvalue weighted by molar-refractivity contribution is 9.10. The number of rotatable bonds is 7. The molecular formula is C15H16BrF4NO4. The molecule has 0 aliphatic heterocycles. The quantitative estimate of drug-likeness (QED) is 0.492. The van der Waals surface area contributed by atoms with E-state index in [1.807, 2.05) is 0 Å². The van der Waals surface area contributed by atoms with Gasteiger partial charge in [0.05, 0.1) is 11.1 Å². The number of carbonyl (C=O) groups excluding carboxylic acids is 2. The molecule has 0 saturated heterocycles. The van der Waals surface area contributed by atoms with Crippen molar-refractivity contribution >= 4 is 27.8 Å². The van der Waals surface area contributed by atoms with Gasteiger partial charge in [-0.3, -0.25) is 9.59 Å². The van der Waals surface area contributed by atoms with Crippen LogP contribution >= 0.6 is 15.9 Å². The molecule has 1 unspecified atom stereocenters. The minimum absolute atomic E-state index is 0.0263. The van der Waals surface area contributed by atoms with Gasteiger partial charge in [0.15, 0.2) is 6.10 Å². The average Bonchev–Trinajstić information content (AvgIpc) is 2.47. The molecule has 1 amide bonds. The molecule has 0 fully saturated rings. The van der Waals surface area contributed by atoms with Gasteiger partial charge in [0, 0.05) is 0 Å². The molecule has 0 saturated carbocycles. The first-order chi connectivity index (χ1) is 11.5. The van der Waals surface area contributed by atoms with E-state index in [0.29, 0.717) is 4.90 Å². The topological polar surface area (TPSA) is 55.8 Å². The Hall–Kier alpha value is -1.84. The van der Waals surface area contributed by atoms with E-state index in [4.69, 9.17) is 4.74 Å². The molecule has 1 rings (SSSR count). The van der Waals surface area contributed by atoms with Gasteiger partial charge in [-0.25, -0.2) is 4.39 Å². The molecule has 5 nitrogen and oxygen atoms in total. The molecular weight excluding hydrogens is 414 g/mol. The first-order valence-electron chi connectivity index (χ1n) is 7.16. The molecule has 0 spiro atoms. The summed E-state index contributed by atoms with van der Waals surface area (Å²) in [7, 11) is 0. The zero-order valence-corrected chi connectivity index (χ0v) is 15.0. The van der Waals surface area contributed by atoms with Crippen LogP contribution in [-0.2, 0) is 14.3 Å². The van der Waals surface area contributed by atoms with Crippen molar-refractivity contribution in [3.63, 3.8) is 0 Å². The van der Waals surface area contributed by atoms with Gasteiger partial charge >= 0.3 is 12.1 Å². The SMILES string of the molecule is CCOC(=O)CN(CC(F)(F)F)C(=O)C(C)Oc1ccc(F)cc1Br. The molecule has 0 aliphatic carbocycles. The van der Waals surface area contributed by atoms with Gasteiger partial charge < -0.3 is 14.4 Å². The normalized spacial score (nSPS) is 12.4. The minimum atomic E-state index is -4.70. The van der Waals surface area contributed by atoms with Gasteiger partial charge in [0.2, 0.25) is 0 Å². The lowest BCUT2D eigenvalue weighted by molar-refractivity contribution is -0.170. The highest BCUT2D eigenvalue weighted by atomic mass is 79.9. The summed E-state index contributed by atoms with van der Waals surface area (Å²) in [6.07, 6.45) is -6.03. The maximum Gasteiger partial charge on any atom is 0.406 e. The number of hydrogen-bond donors (Lipinski definition) is 0. The van der Waals surface area contributed by atoms with E-state index in [0.717, 1.165) is 12.1 Å². The molecule has 10 heteroatoms. The molecule has 0 bridgehead atoms. The second-order valence-electron chi connectivity index (χ2n) is 4.95. The maximum atomic E-state index is 13.0. The van der Waals surface area contributed by atoms with E-state index < -0.39 is 43.1 Å². The van der Waals surface area contributed by atoms with E-state index >= 15 is 0 Å². The Balaban J connectivity index is 2.88. The first-order valence-corrected chi connectivity index (χ1v) is 7.95. The number of carbonyl (C=O) groups is 2. The third-order valence-corrected chi connectivity index (χ3v) is 3.47. The molecule has 0 aromatic heterocycles. The lowest BCUT2D eigenvalue weighted by Gasteiger charge is -2.26. The van der Waals surface area contributed by atoms with Crippen molar-refractivity contribution in [2.75, 3.05) is 19.7 Å². The number of benzene rings is 1. The third kappa shape index (κ3) is 7.29. The van der Waals surface area contributed by atoms with Crippen LogP contribution in [0.4, 0.5) is 17.6 Å². The van der Waals surface area contributed by atoms with Crippen LogP contribution < -0.4 is 4.74 Å². The van der Waals surface area contributed by atoms with Crippen LogP contribution in [0.3, 0.4) is 0 Å². The van der Waals surface area contributed by atoms with E-state index in [9.17, 15) is 27.2 Å². The van der Waals surface area contributed by atoms with Crippen molar-refractivity contribution in [3.8, 4) is 5.75 Å². The van der Waals surface area contributed by atoms with Crippen LogP contribution in [-0.4, -0.2) is 48.8 Å². The summed E-state index contributed by atoms with van der Waals surface area (Å²) >= 11 is 3.03. The lowest BCUT2D eigenvalue weighted by Crippen LogP contribution is -2.47. The Kier molecular flexibility index (Phi) is 7.65. The predicted octanol–water partition coefficient (Wildman–Crippen LogP) is 3.31. The predicted molar refractivity (Wildman–Crippen MR) is 83.5 cm³/mol. The Bertz CT molecular complexity index is 624. The highest BCUT2D eigenvalue weighted by Gasteiger charge is 2.36. The summed E-state index contributed by atoms with van der Waals surface area (Å²) in [6.45, 7) is 0.215. The van der Waals surface area contributed by atoms with E-state index in [2.05, 4.69) is 20.7 Å². The standard InChI is InChI=1S/C15H16BrF4NO4/c1-3-24-13(22)7-21(8-15(18,19)20)14(23)9(2)25-12-5-4-10(17)6-11(12)16/h4-6,9H,3,7-8H2,1-2H3. The summed E-state index contributed by atoms with van der Waals surface area (Å²) in [4.78, 5) is 24.0. The zero-order chi connectivity index (χ0) is 19.2. The highest BCUT2D eigenvalue weighted by Crippen LogP contribution is 2.27. The van der Waals surface area contributed by atoms with Gasteiger partial charge in [-0.1, -0.05) is 0 Å². The van der Waals surface area contributed by atoms with Crippen molar-refractivity contribution in [3.05, 3.63) is 28.5 Å². The van der Waals surface area contributed by atoms with Gasteiger partial charge in [-0.05, 0) is 48.0 Å². The van der Waals surface area contributed by atoms with E-state index in [-0.39, 0.29) is 16.8 Å². The number of hydrogen-bond acceptors (Lipinski definition) is 4. The lowest BCUT2D eigenvalue weighted by atomic mass is 10.3. The Labute approximate surface area is 150 Å². The first kappa shape index (κ1) is 21.2. The molecule has 0 radical (unpaired) electrons. The summed E-state index contributed by atoms with van der Waals surface area (Å²) < 4.78 is 61.1. The van der Waals surface area contributed by atoms with Crippen LogP contribution in [0.5, 0.6) is 5.75 Å². The monoisotopic (exact) mass is 429 g/mol. The molecule has 0 heterocycles. The summed E-state index contributed by atoms with van der Waals surface area (Å²) in [6, 6.07) is 3.38. The van der Waals surface area contributed by atoms with Gasteiger partial charge in [-0.2, -0.15) is 13.2 Å². The number of nitrogens with zero attached hydrogens (tertiary/aromatic N) is 1. The molecule has 0 aliphatic rings. The van der Waals surface area contributed by atoms with Gasteiger partial charge in [0.1, 0.15) is 24.7 Å². The minimum Gasteiger partial charge on any atom is -0.480 e. The summed E-state index contributed by atoms with van der Waals surface area (Å²) in [5.74, 6) is -2.50. The van der Waals surface area contributed by atoms with Crippen molar-refractivity contribution in [1.82, 2.24) is 4.90 Å². The zero-order valence-electron chi connectivity index (χ0n) is 13.4. The Morgan fingerprint density at radius 1 is 1.32 bits per heavy atom. The second kappa shape index (κ2) is 9.02. The summed E-state index contributed by atoms with van der Waals surface area (Å²) in [5.41, 5.74) is 0. The van der Waals surface area contributed by atoms with Crippen molar-refractivity contribution in [1.29, 1.82) is 0 Å². The average molecular weight is 430 g/mol. The molecule has 1 aromatic carbocycles. The molecule has 0 N–H and O–H groups in total. The van der Waals surface area contributed by atoms with Crippen molar-refractivity contribution in [2.45, 2.75) is 26.1 Å². The number of amides is 1. The number of esters is 1. The van der Waals surface area contributed by atoms with Crippen LogP contribution in [0.15, 0.2) is 22.7 Å². The second-order valence-corrected chi connectivity index (χ2v) is 5.80.